The Morgan fingerprint density at radius 3 is 2.29 bits per heavy atom. The molecule has 31 heavy (non-hydrogen) atoms. The number of thiazole rings is 1. The third kappa shape index (κ3) is 5.29. The van der Waals surface area contributed by atoms with E-state index in [1.165, 1.54) is 35.2 Å². The van der Waals surface area contributed by atoms with Crippen molar-refractivity contribution >= 4 is 27.3 Å². The van der Waals surface area contributed by atoms with Gasteiger partial charge in [-0.3, -0.25) is 0 Å². The molecule has 0 aliphatic heterocycles. The molecule has 0 unspecified atom stereocenters. The molecule has 1 N–H and O–H groups in total. The van der Waals surface area contributed by atoms with E-state index in [0.29, 0.717) is 0 Å². The Bertz CT molecular complexity index is 1190. The molecule has 9 heteroatoms. The van der Waals surface area contributed by atoms with Crippen molar-refractivity contribution in [3.63, 3.8) is 0 Å². The highest BCUT2D eigenvalue weighted by molar-refractivity contribution is 7.93. The highest BCUT2D eigenvalue weighted by Crippen LogP contribution is 2.37. The predicted molar refractivity (Wildman–Crippen MR) is 117 cm³/mol. The van der Waals surface area contributed by atoms with Crippen molar-refractivity contribution in [2.24, 2.45) is 5.41 Å². The maximum Gasteiger partial charge on any atom is 0.407 e. The Morgan fingerprint density at radius 2 is 1.71 bits per heavy atom. The molecule has 0 bridgehead atoms. The zero-order chi connectivity index (χ0) is 22.8. The van der Waals surface area contributed by atoms with Crippen LogP contribution in [-0.4, -0.2) is 36.0 Å². The molecule has 3 aromatic rings. The number of aromatic nitrogens is 1. The van der Waals surface area contributed by atoms with Gasteiger partial charge in [0.25, 0.3) is 0 Å². The number of sulfone groups is 1. The van der Waals surface area contributed by atoms with Gasteiger partial charge in [-0.2, -0.15) is 0 Å². The van der Waals surface area contributed by atoms with Crippen LogP contribution in [0.4, 0.5) is 9.18 Å². The molecule has 164 valence electrons. The van der Waals surface area contributed by atoms with Gasteiger partial charge in [-0.1, -0.05) is 51.1 Å². The fourth-order valence-electron chi connectivity index (χ4n) is 3.06. The van der Waals surface area contributed by atoms with Crippen LogP contribution in [0.1, 0.15) is 25.8 Å². The molecular weight excluding hydrogens is 439 g/mol. The standard InChI is InChI=1S/C22H23FN2O4S2/c1-22(2,3)14-25(21(26)27)13-18-24-19(16-11-7-8-12-17(16)23)20(30-18)31(28,29)15-9-5-4-6-10-15/h4-12H,13-14H2,1-3H3,(H,26,27). The average molecular weight is 463 g/mol. The molecule has 6 nitrogen and oxygen atoms in total. The highest BCUT2D eigenvalue weighted by atomic mass is 32.2. The lowest BCUT2D eigenvalue weighted by Gasteiger charge is -2.27. The lowest BCUT2D eigenvalue weighted by molar-refractivity contribution is 0.123. The van der Waals surface area contributed by atoms with Crippen LogP contribution in [0.15, 0.2) is 63.7 Å². The quantitative estimate of drug-likeness (QED) is 0.536. The summed E-state index contributed by atoms with van der Waals surface area (Å²) in [5, 5.41) is 9.87. The first kappa shape index (κ1) is 22.9. The molecule has 2 aromatic carbocycles. The molecule has 0 saturated heterocycles. The lowest BCUT2D eigenvalue weighted by Crippen LogP contribution is -2.36. The molecule has 0 saturated carbocycles. The molecule has 0 atom stereocenters. The van der Waals surface area contributed by atoms with Gasteiger partial charge in [-0.15, -0.1) is 11.3 Å². The first-order chi connectivity index (χ1) is 14.5. The number of amides is 1. The number of carbonyl (C=O) groups is 1. The summed E-state index contributed by atoms with van der Waals surface area (Å²) in [5.41, 5.74) is -0.261. The van der Waals surface area contributed by atoms with E-state index in [1.807, 2.05) is 20.8 Å². The van der Waals surface area contributed by atoms with Crippen LogP contribution in [0.3, 0.4) is 0 Å². The fourth-order valence-corrected chi connectivity index (χ4v) is 6.03. The summed E-state index contributed by atoms with van der Waals surface area (Å²) in [7, 11) is -3.98. The number of nitrogens with zero attached hydrogens (tertiary/aromatic N) is 2. The highest BCUT2D eigenvalue weighted by Gasteiger charge is 2.29. The summed E-state index contributed by atoms with van der Waals surface area (Å²) in [5.74, 6) is -0.603. The molecule has 0 spiro atoms. The summed E-state index contributed by atoms with van der Waals surface area (Å²) in [6, 6.07) is 13.6. The average Bonchev–Trinajstić information content (AvgIpc) is 3.12. The molecule has 0 radical (unpaired) electrons. The van der Waals surface area contributed by atoms with Gasteiger partial charge in [0.15, 0.2) is 4.21 Å². The molecule has 3 rings (SSSR count). The van der Waals surface area contributed by atoms with E-state index in [0.717, 1.165) is 11.3 Å². The zero-order valence-electron chi connectivity index (χ0n) is 17.4. The van der Waals surface area contributed by atoms with Gasteiger partial charge in [0.1, 0.15) is 16.5 Å². The van der Waals surface area contributed by atoms with E-state index in [-0.39, 0.29) is 43.9 Å². The maximum atomic E-state index is 14.5. The zero-order valence-corrected chi connectivity index (χ0v) is 19.0. The Morgan fingerprint density at radius 1 is 1.10 bits per heavy atom. The third-order valence-corrected chi connectivity index (χ3v) is 7.65. The van der Waals surface area contributed by atoms with Crippen LogP contribution in [0.5, 0.6) is 0 Å². The van der Waals surface area contributed by atoms with E-state index in [4.69, 9.17) is 0 Å². The van der Waals surface area contributed by atoms with Crippen molar-refractivity contribution in [2.75, 3.05) is 6.54 Å². The van der Waals surface area contributed by atoms with Crippen molar-refractivity contribution in [3.05, 3.63) is 65.4 Å². The lowest BCUT2D eigenvalue weighted by atomic mass is 9.96. The largest absolute Gasteiger partial charge is 0.465 e. The first-order valence-electron chi connectivity index (χ1n) is 9.51. The second-order valence-corrected chi connectivity index (χ2v) is 11.5. The predicted octanol–water partition coefficient (Wildman–Crippen LogP) is 5.31. The van der Waals surface area contributed by atoms with E-state index < -0.39 is 21.7 Å². The molecular formula is C22H23FN2O4S2. The second kappa shape index (κ2) is 8.76. The van der Waals surface area contributed by atoms with Crippen LogP contribution < -0.4 is 0 Å². The Balaban J connectivity index is 2.13. The van der Waals surface area contributed by atoms with Crippen molar-refractivity contribution in [2.45, 2.75) is 36.4 Å². The monoisotopic (exact) mass is 462 g/mol. The molecule has 0 aliphatic rings. The maximum absolute atomic E-state index is 14.5. The van der Waals surface area contributed by atoms with Crippen LogP contribution in [-0.2, 0) is 16.4 Å². The minimum atomic E-state index is -3.98. The van der Waals surface area contributed by atoms with Gasteiger partial charge in [-0.05, 0) is 29.7 Å². The number of carboxylic acid groups (broad SMARTS) is 1. The number of rotatable bonds is 6. The van der Waals surface area contributed by atoms with Crippen molar-refractivity contribution in [3.8, 4) is 11.3 Å². The molecule has 0 aliphatic carbocycles. The van der Waals surface area contributed by atoms with E-state index >= 15 is 0 Å². The Labute approximate surface area is 184 Å². The van der Waals surface area contributed by atoms with Crippen molar-refractivity contribution < 1.29 is 22.7 Å². The molecule has 1 heterocycles. The van der Waals surface area contributed by atoms with Crippen LogP contribution in [0.25, 0.3) is 11.3 Å². The molecule has 1 amide bonds. The fraction of sp³-hybridized carbons (Fsp3) is 0.273. The van der Waals surface area contributed by atoms with Crippen LogP contribution >= 0.6 is 11.3 Å². The number of benzene rings is 2. The smallest absolute Gasteiger partial charge is 0.407 e. The van der Waals surface area contributed by atoms with Gasteiger partial charge in [-0.25, -0.2) is 22.6 Å². The van der Waals surface area contributed by atoms with Gasteiger partial charge >= 0.3 is 6.09 Å². The van der Waals surface area contributed by atoms with E-state index in [9.17, 15) is 22.7 Å². The Hall–Kier alpha value is -2.78. The summed E-state index contributed by atoms with van der Waals surface area (Å²) < 4.78 is 41.1. The van der Waals surface area contributed by atoms with Crippen molar-refractivity contribution in [1.29, 1.82) is 0 Å². The summed E-state index contributed by atoms with van der Waals surface area (Å²) in [6.07, 6.45) is -1.13. The summed E-state index contributed by atoms with van der Waals surface area (Å²) in [6.45, 7) is 5.85. The van der Waals surface area contributed by atoms with Crippen LogP contribution in [0, 0.1) is 11.2 Å². The van der Waals surface area contributed by atoms with Gasteiger partial charge in [0.2, 0.25) is 9.84 Å². The molecule has 1 aromatic heterocycles. The number of halogens is 1. The summed E-state index contributed by atoms with van der Waals surface area (Å²) >= 11 is 0.866. The topological polar surface area (TPSA) is 87.6 Å². The van der Waals surface area contributed by atoms with Gasteiger partial charge in [0, 0.05) is 12.1 Å². The minimum Gasteiger partial charge on any atom is -0.465 e. The normalized spacial score (nSPS) is 12.0. The SMILES string of the molecule is CC(C)(C)CN(Cc1nc(-c2ccccc2F)c(S(=O)(=O)c2ccccc2)s1)C(=O)O. The van der Waals surface area contributed by atoms with Crippen LogP contribution in [0.2, 0.25) is 0 Å². The minimum absolute atomic E-state index is 0.0111. The third-order valence-electron chi connectivity index (χ3n) is 4.33. The summed E-state index contributed by atoms with van der Waals surface area (Å²) in [4.78, 5) is 17.4. The van der Waals surface area contributed by atoms with Gasteiger partial charge < -0.3 is 10.0 Å². The Kier molecular flexibility index (Phi) is 6.47. The second-order valence-electron chi connectivity index (χ2n) is 8.24. The first-order valence-corrected chi connectivity index (χ1v) is 11.8. The number of hydrogen-bond acceptors (Lipinski definition) is 5. The van der Waals surface area contributed by atoms with Gasteiger partial charge in [0.05, 0.1) is 11.4 Å². The number of hydrogen-bond donors (Lipinski definition) is 1. The molecule has 0 fully saturated rings. The van der Waals surface area contributed by atoms with E-state index in [2.05, 4.69) is 4.98 Å². The van der Waals surface area contributed by atoms with E-state index in [1.54, 1.807) is 24.3 Å². The van der Waals surface area contributed by atoms with Crippen molar-refractivity contribution in [1.82, 2.24) is 9.88 Å².